The Morgan fingerprint density at radius 1 is 1.25 bits per heavy atom. The van der Waals surface area contributed by atoms with Crippen LogP contribution in [0.5, 0.6) is 0 Å². The summed E-state index contributed by atoms with van der Waals surface area (Å²) in [6.07, 6.45) is 5.86. The summed E-state index contributed by atoms with van der Waals surface area (Å²) < 4.78 is 0. The van der Waals surface area contributed by atoms with Gasteiger partial charge in [0.15, 0.2) is 0 Å². The number of hydrogen-bond donors (Lipinski definition) is 2. The zero-order chi connectivity index (χ0) is 9.23. The van der Waals surface area contributed by atoms with E-state index < -0.39 is 0 Å². The normalized spacial score (nSPS) is 13.2. The molecular formula is C10H23NO. The molecule has 0 aliphatic carbocycles. The van der Waals surface area contributed by atoms with Crippen LogP contribution < -0.4 is 5.32 Å². The third kappa shape index (κ3) is 6.62. The fraction of sp³-hybridized carbons (Fsp3) is 1.00. The van der Waals surface area contributed by atoms with Crippen LogP contribution in [0.2, 0.25) is 0 Å². The van der Waals surface area contributed by atoms with Crippen LogP contribution in [0.4, 0.5) is 0 Å². The number of aliphatic hydroxyl groups excluding tert-OH is 1. The maximum Gasteiger partial charge on any atom is 0.0445 e. The van der Waals surface area contributed by atoms with Gasteiger partial charge < -0.3 is 10.4 Å². The van der Waals surface area contributed by atoms with Crippen molar-refractivity contribution in [3.05, 3.63) is 0 Å². The Balaban J connectivity index is 3.19. The Hall–Kier alpha value is -0.0800. The predicted octanol–water partition coefficient (Wildman–Crippen LogP) is 1.93. The lowest BCUT2D eigenvalue weighted by atomic mass is 10.1. The minimum atomic E-state index is 0.305. The highest BCUT2D eigenvalue weighted by molar-refractivity contribution is 4.63. The molecule has 2 nitrogen and oxygen atoms in total. The van der Waals surface area contributed by atoms with Crippen molar-refractivity contribution in [1.82, 2.24) is 5.32 Å². The second kappa shape index (κ2) is 9.01. The monoisotopic (exact) mass is 173 g/mol. The number of unbranched alkanes of at least 4 members (excludes halogenated alkanes) is 2. The molecule has 0 rings (SSSR count). The fourth-order valence-electron chi connectivity index (χ4n) is 1.29. The highest BCUT2D eigenvalue weighted by Crippen LogP contribution is 1.98. The van der Waals surface area contributed by atoms with Crippen molar-refractivity contribution < 1.29 is 5.11 Å². The second-order valence-electron chi connectivity index (χ2n) is 3.28. The molecule has 0 spiro atoms. The summed E-state index contributed by atoms with van der Waals surface area (Å²) >= 11 is 0. The van der Waals surface area contributed by atoms with E-state index >= 15 is 0 Å². The van der Waals surface area contributed by atoms with E-state index in [1.165, 1.54) is 19.3 Å². The average Bonchev–Trinajstić information content (AvgIpc) is 2.10. The summed E-state index contributed by atoms with van der Waals surface area (Å²) in [4.78, 5) is 0. The molecule has 0 aliphatic rings. The van der Waals surface area contributed by atoms with Crippen molar-refractivity contribution in [3.63, 3.8) is 0 Å². The maximum atomic E-state index is 8.73. The van der Waals surface area contributed by atoms with Crippen molar-refractivity contribution in [2.24, 2.45) is 0 Å². The Morgan fingerprint density at radius 2 is 2.00 bits per heavy atom. The first kappa shape index (κ1) is 11.9. The zero-order valence-corrected chi connectivity index (χ0v) is 8.47. The minimum Gasteiger partial charge on any atom is -0.396 e. The first-order valence-corrected chi connectivity index (χ1v) is 5.19. The van der Waals surface area contributed by atoms with Gasteiger partial charge in [0.05, 0.1) is 0 Å². The molecule has 12 heavy (non-hydrogen) atoms. The van der Waals surface area contributed by atoms with E-state index in [9.17, 15) is 0 Å². The third-order valence-corrected chi connectivity index (χ3v) is 2.18. The van der Waals surface area contributed by atoms with Gasteiger partial charge in [-0.1, -0.05) is 26.7 Å². The van der Waals surface area contributed by atoms with Crippen molar-refractivity contribution in [3.8, 4) is 0 Å². The number of rotatable bonds is 8. The van der Waals surface area contributed by atoms with Crippen LogP contribution in [0.3, 0.4) is 0 Å². The van der Waals surface area contributed by atoms with E-state index in [0.29, 0.717) is 12.6 Å². The van der Waals surface area contributed by atoms with Gasteiger partial charge in [-0.3, -0.25) is 0 Å². The molecule has 0 aliphatic heterocycles. The average molecular weight is 173 g/mol. The lowest BCUT2D eigenvalue weighted by Crippen LogP contribution is -2.30. The Bertz CT molecular complexity index is 85.9. The van der Waals surface area contributed by atoms with E-state index in [1.54, 1.807) is 0 Å². The smallest absolute Gasteiger partial charge is 0.0445 e. The topological polar surface area (TPSA) is 32.3 Å². The molecule has 0 aromatic heterocycles. The van der Waals surface area contributed by atoms with Gasteiger partial charge in [0.1, 0.15) is 0 Å². The molecule has 2 heteroatoms. The van der Waals surface area contributed by atoms with Gasteiger partial charge in [-0.05, 0) is 25.8 Å². The molecule has 2 N–H and O–H groups in total. The predicted molar refractivity (Wildman–Crippen MR) is 53.3 cm³/mol. The molecular weight excluding hydrogens is 150 g/mol. The molecule has 0 radical (unpaired) electrons. The van der Waals surface area contributed by atoms with Crippen LogP contribution in [-0.4, -0.2) is 24.3 Å². The molecule has 0 aromatic rings. The Labute approximate surface area is 76.4 Å². The van der Waals surface area contributed by atoms with E-state index in [1.807, 2.05) is 0 Å². The summed E-state index contributed by atoms with van der Waals surface area (Å²) in [7, 11) is 0. The summed E-state index contributed by atoms with van der Waals surface area (Å²) in [5.41, 5.74) is 0. The molecule has 0 aromatic carbocycles. The first-order chi connectivity index (χ1) is 5.85. The van der Waals surface area contributed by atoms with Crippen LogP contribution in [0.1, 0.15) is 46.0 Å². The molecule has 0 saturated heterocycles. The van der Waals surface area contributed by atoms with Gasteiger partial charge >= 0.3 is 0 Å². The summed E-state index contributed by atoms with van der Waals surface area (Å²) in [6, 6.07) is 0.520. The second-order valence-corrected chi connectivity index (χ2v) is 3.28. The molecule has 0 fully saturated rings. The van der Waals surface area contributed by atoms with Crippen molar-refractivity contribution in [1.29, 1.82) is 0 Å². The van der Waals surface area contributed by atoms with E-state index in [4.69, 9.17) is 5.11 Å². The van der Waals surface area contributed by atoms with Gasteiger partial charge in [0, 0.05) is 12.6 Å². The summed E-state index contributed by atoms with van der Waals surface area (Å²) in [5, 5.41) is 12.2. The van der Waals surface area contributed by atoms with Crippen LogP contribution >= 0.6 is 0 Å². The fourth-order valence-corrected chi connectivity index (χ4v) is 1.29. The van der Waals surface area contributed by atoms with Gasteiger partial charge in [-0.25, -0.2) is 0 Å². The Kier molecular flexibility index (Phi) is 8.95. The maximum absolute atomic E-state index is 8.73. The van der Waals surface area contributed by atoms with Gasteiger partial charge in [0.2, 0.25) is 0 Å². The highest BCUT2D eigenvalue weighted by Gasteiger charge is 2.02. The molecule has 0 bridgehead atoms. The molecule has 0 amide bonds. The standard InChI is InChI=1S/C10H23NO/c1-3-5-6-8-11-10(4-2)7-9-12/h10-12H,3-9H2,1-2H3. The largest absolute Gasteiger partial charge is 0.396 e. The molecule has 0 heterocycles. The summed E-state index contributed by atoms with van der Waals surface area (Å²) in [6.45, 7) is 5.78. The molecule has 74 valence electrons. The quantitative estimate of drug-likeness (QED) is 0.550. The number of nitrogens with one attached hydrogen (secondary N) is 1. The van der Waals surface area contributed by atoms with Crippen LogP contribution in [-0.2, 0) is 0 Å². The van der Waals surface area contributed by atoms with Crippen LogP contribution in [0.25, 0.3) is 0 Å². The Morgan fingerprint density at radius 3 is 2.50 bits per heavy atom. The summed E-state index contributed by atoms with van der Waals surface area (Å²) in [5.74, 6) is 0. The molecule has 1 unspecified atom stereocenters. The van der Waals surface area contributed by atoms with Crippen molar-refractivity contribution >= 4 is 0 Å². The lowest BCUT2D eigenvalue weighted by molar-refractivity contribution is 0.262. The van der Waals surface area contributed by atoms with E-state index in [0.717, 1.165) is 19.4 Å². The number of hydrogen-bond acceptors (Lipinski definition) is 2. The van der Waals surface area contributed by atoms with Crippen LogP contribution in [0, 0.1) is 0 Å². The van der Waals surface area contributed by atoms with Gasteiger partial charge in [-0.15, -0.1) is 0 Å². The third-order valence-electron chi connectivity index (χ3n) is 2.18. The van der Waals surface area contributed by atoms with E-state index in [2.05, 4.69) is 19.2 Å². The highest BCUT2D eigenvalue weighted by atomic mass is 16.3. The molecule has 1 atom stereocenters. The van der Waals surface area contributed by atoms with Gasteiger partial charge in [0.25, 0.3) is 0 Å². The van der Waals surface area contributed by atoms with Crippen molar-refractivity contribution in [2.75, 3.05) is 13.2 Å². The lowest BCUT2D eigenvalue weighted by Gasteiger charge is -2.14. The van der Waals surface area contributed by atoms with Crippen LogP contribution in [0.15, 0.2) is 0 Å². The number of aliphatic hydroxyl groups is 1. The van der Waals surface area contributed by atoms with E-state index in [-0.39, 0.29) is 0 Å². The van der Waals surface area contributed by atoms with Crippen molar-refractivity contribution in [2.45, 2.75) is 52.0 Å². The van der Waals surface area contributed by atoms with Gasteiger partial charge in [-0.2, -0.15) is 0 Å². The minimum absolute atomic E-state index is 0.305. The zero-order valence-electron chi connectivity index (χ0n) is 8.47. The molecule has 0 saturated carbocycles. The SMILES string of the molecule is CCCCCNC(CC)CCO. The first-order valence-electron chi connectivity index (χ1n) is 5.19.